The van der Waals surface area contributed by atoms with E-state index in [0.717, 1.165) is 19.3 Å². The molecule has 0 aliphatic carbocycles. The van der Waals surface area contributed by atoms with E-state index in [4.69, 9.17) is 17.0 Å². The van der Waals surface area contributed by atoms with Gasteiger partial charge in [-0.2, -0.15) is 4.31 Å². The number of rotatable bonds is 7. The summed E-state index contributed by atoms with van der Waals surface area (Å²) in [5, 5.41) is 15.9. The quantitative estimate of drug-likeness (QED) is 0.353. The summed E-state index contributed by atoms with van der Waals surface area (Å²) in [5.74, 6) is -0.222. The fraction of sp³-hybridized carbons (Fsp3) is 0.300. The van der Waals surface area contributed by atoms with Gasteiger partial charge in [0.15, 0.2) is 11.7 Å². The summed E-state index contributed by atoms with van der Waals surface area (Å²) < 4.78 is 32.1. The van der Waals surface area contributed by atoms with Crippen LogP contribution in [0.1, 0.15) is 19.3 Å². The average Bonchev–Trinajstić information content (AvgIpc) is 2.79. The molecule has 1 saturated heterocycles. The minimum absolute atomic E-state index is 0.0222. The van der Waals surface area contributed by atoms with Crippen LogP contribution in [0, 0.1) is 10.1 Å². The number of non-ortho nitro benzene ring substituents is 1. The molecular weight excluding hydrogens is 456 g/mol. The van der Waals surface area contributed by atoms with Gasteiger partial charge in [0.1, 0.15) is 5.75 Å². The van der Waals surface area contributed by atoms with Crippen molar-refractivity contribution in [3.8, 4) is 5.75 Å². The van der Waals surface area contributed by atoms with Crippen molar-refractivity contribution in [3.63, 3.8) is 0 Å². The van der Waals surface area contributed by atoms with Crippen LogP contribution in [0.15, 0.2) is 53.4 Å². The molecule has 0 saturated carbocycles. The second-order valence-corrected chi connectivity index (χ2v) is 9.38. The lowest BCUT2D eigenvalue weighted by Crippen LogP contribution is -2.37. The lowest BCUT2D eigenvalue weighted by molar-refractivity contribution is -0.384. The van der Waals surface area contributed by atoms with Gasteiger partial charge in [0.25, 0.3) is 11.6 Å². The molecule has 1 heterocycles. The van der Waals surface area contributed by atoms with Crippen LogP contribution in [0.2, 0.25) is 0 Å². The van der Waals surface area contributed by atoms with Crippen molar-refractivity contribution in [2.24, 2.45) is 0 Å². The van der Waals surface area contributed by atoms with Crippen LogP contribution in [0.3, 0.4) is 0 Å². The second kappa shape index (κ2) is 10.5. The normalized spacial score (nSPS) is 14.4. The van der Waals surface area contributed by atoms with Crippen molar-refractivity contribution in [1.82, 2.24) is 9.62 Å². The van der Waals surface area contributed by atoms with Gasteiger partial charge < -0.3 is 10.1 Å². The van der Waals surface area contributed by atoms with Crippen molar-refractivity contribution < 1.29 is 22.9 Å². The lowest BCUT2D eigenvalue weighted by Gasteiger charge is -2.25. The minimum atomic E-state index is -3.52. The number of hydrogen-bond donors (Lipinski definition) is 2. The van der Waals surface area contributed by atoms with E-state index in [1.54, 1.807) is 12.1 Å². The maximum Gasteiger partial charge on any atom is 0.269 e. The molecule has 1 amide bonds. The predicted molar refractivity (Wildman–Crippen MR) is 122 cm³/mol. The molecule has 0 aromatic heterocycles. The molecule has 32 heavy (non-hydrogen) atoms. The maximum absolute atomic E-state index is 12.7. The van der Waals surface area contributed by atoms with Gasteiger partial charge in [-0.1, -0.05) is 6.42 Å². The molecule has 1 aliphatic rings. The summed E-state index contributed by atoms with van der Waals surface area (Å²) in [6.07, 6.45) is 2.76. The Kier molecular flexibility index (Phi) is 7.72. The lowest BCUT2D eigenvalue weighted by atomic mass is 10.2. The smallest absolute Gasteiger partial charge is 0.269 e. The van der Waals surface area contributed by atoms with Crippen LogP contribution >= 0.6 is 12.2 Å². The third-order valence-electron chi connectivity index (χ3n) is 4.74. The van der Waals surface area contributed by atoms with Gasteiger partial charge in [-0.25, -0.2) is 8.42 Å². The first-order chi connectivity index (χ1) is 15.3. The van der Waals surface area contributed by atoms with Crippen LogP contribution in [0.25, 0.3) is 0 Å². The highest BCUT2D eigenvalue weighted by atomic mass is 32.2. The number of hydrogen-bond acceptors (Lipinski definition) is 7. The average molecular weight is 479 g/mol. The van der Waals surface area contributed by atoms with Gasteiger partial charge in [-0.05, 0) is 61.5 Å². The third-order valence-corrected chi connectivity index (χ3v) is 6.85. The van der Waals surface area contributed by atoms with Gasteiger partial charge in [0, 0.05) is 30.9 Å². The van der Waals surface area contributed by atoms with E-state index in [1.807, 2.05) is 0 Å². The molecule has 1 aliphatic heterocycles. The number of anilines is 1. The number of carbonyl (C=O) groups is 1. The highest BCUT2D eigenvalue weighted by molar-refractivity contribution is 7.89. The molecule has 0 spiro atoms. The van der Waals surface area contributed by atoms with E-state index in [0.29, 0.717) is 24.5 Å². The Labute approximate surface area is 190 Å². The van der Waals surface area contributed by atoms with Gasteiger partial charge in [-0.3, -0.25) is 20.2 Å². The number of nitrogens with zero attached hydrogens (tertiary/aromatic N) is 2. The Bertz CT molecular complexity index is 1080. The van der Waals surface area contributed by atoms with Gasteiger partial charge in [0.05, 0.1) is 9.82 Å². The van der Waals surface area contributed by atoms with Crippen molar-refractivity contribution in [2.45, 2.75) is 24.2 Å². The third kappa shape index (κ3) is 6.22. The first kappa shape index (κ1) is 23.6. The van der Waals surface area contributed by atoms with Crippen molar-refractivity contribution in [2.75, 3.05) is 25.0 Å². The standard InChI is InChI=1S/C20H22N4O6S2/c25-19(14-30-17-8-6-16(7-9-17)24(26)27)22-20(31)21-15-4-10-18(11-5-15)32(28,29)23-12-2-1-3-13-23/h4-11H,1-3,12-14H2,(H2,21,22,25,31). The Morgan fingerprint density at radius 3 is 2.28 bits per heavy atom. The van der Waals surface area contributed by atoms with Crippen LogP contribution in [0.4, 0.5) is 11.4 Å². The molecule has 10 nitrogen and oxygen atoms in total. The molecule has 12 heteroatoms. The van der Waals surface area contributed by atoms with Gasteiger partial charge >= 0.3 is 0 Å². The van der Waals surface area contributed by atoms with Crippen molar-refractivity contribution in [1.29, 1.82) is 0 Å². The first-order valence-electron chi connectivity index (χ1n) is 9.84. The summed E-state index contributed by atoms with van der Waals surface area (Å²) >= 11 is 5.10. The SMILES string of the molecule is O=C(COc1ccc([N+](=O)[O-])cc1)NC(=S)Nc1ccc(S(=O)(=O)N2CCCCC2)cc1. The largest absolute Gasteiger partial charge is 0.484 e. The molecule has 0 bridgehead atoms. The molecule has 0 atom stereocenters. The van der Waals surface area contributed by atoms with Crippen molar-refractivity contribution in [3.05, 3.63) is 58.6 Å². The zero-order valence-corrected chi connectivity index (χ0v) is 18.7. The molecule has 2 N–H and O–H groups in total. The summed E-state index contributed by atoms with van der Waals surface area (Å²) in [6.45, 7) is 0.716. The van der Waals surface area contributed by atoms with Gasteiger partial charge in [-0.15, -0.1) is 0 Å². The molecule has 2 aromatic rings. The zero-order valence-electron chi connectivity index (χ0n) is 17.0. The number of piperidine rings is 1. The van der Waals surface area contributed by atoms with E-state index in [9.17, 15) is 23.3 Å². The van der Waals surface area contributed by atoms with Crippen molar-refractivity contribution >= 4 is 44.6 Å². The molecule has 3 rings (SSSR count). The molecule has 0 radical (unpaired) electrons. The molecule has 170 valence electrons. The predicted octanol–water partition coefficient (Wildman–Crippen LogP) is 2.66. The van der Waals surface area contributed by atoms with Crippen LogP contribution in [-0.2, 0) is 14.8 Å². The summed E-state index contributed by atoms with van der Waals surface area (Å²) in [5.41, 5.74) is 0.436. The fourth-order valence-corrected chi connectivity index (χ4v) is 4.85. The summed E-state index contributed by atoms with van der Waals surface area (Å²) in [6, 6.07) is 11.5. The Morgan fingerprint density at radius 2 is 1.69 bits per heavy atom. The number of sulfonamides is 1. The Balaban J connectivity index is 1.48. The van der Waals surface area contributed by atoms with Crippen LogP contribution in [0.5, 0.6) is 5.75 Å². The highest BCUT2D eigenvalue weighted by Crippen LogP contribution is 2.22. The Morgan fingerprint density at radius 1 is 1.06 bits per heavy atom. The monoisotopic (exact) mass is 478 g/mol. The number of carbonyl (C=O) groups excluding carboxylic acids is 1. The number of nitrogens with one attached hydrogen (secondary N) is 2. The van der Waals surface area contributed by atoms with Crippen LogP contribution in [-0.4, -0.2) is 48.4 Å². The number of thiocarbonyl (C=S) groups is 1. The van der Waals surface area contributed by atoms with E-state index in [2.05, 4.69) is 10.6 Å². The van der Waals surface area contributed by atoms with Crippen LogP contribution < -0.4 is 15.4 Å². The van der Waals surface area contributed by atoms with E-state index < -0.39 is 20.9 Å². The summed E-state index contributed by atoms with van der Waals surface area (Å²) in [4.78, 5) is 22.3. The highest BCUT2D eigenvalue weighted by Gasteiger charge is 2.25. The zero-order chi connectivity index (χ0) is 23.1. The summed E-state index contributed by atoms with van der Waals surface area (Å²) in [7, 11) is -3.52. The second-order valence-electron chi connectivity index (χ2n) is 7.03. The number of amides is 1. The number of nitro groups is 1. The van der Waals surface area contributed by atoms with E-state index in [-0.39, 0.29) is 22.3 Å². The van der Waals surface area contributed by atoms with E-state index >= 15 is 0 Å². The molecular formula is C20H22N4O6S2. The maximum atomic E-state index is 12.7. The fourth-order valence-electron chi connectivity index (χ4n) is 3.10. The Hall–Kier alpha value is -3.09. The topological polar surface area (TPSA) is 131 Å². The molecule has 1 fully saturated rings. The molecule has 2 aromatic carbocycles. The number of nitro benzene ring substituents is 1. The number of ether oxygens (including phenoxy) is 1. The minimum Gasteiger partial charge on any atom is -0.484 e. The first-order valence-corrected chi connectivity index (χ1v) is 11.7. The van der Waals surface area contributed by atoms with E-state index in [1.165, 1.54) is 40.7 Å². The molecule has 0 unspecified atom stereocenters. The van der Waals surface area contributed by atoms with Gasteiger partial charge in [0.2, 0.25) is 10.0 Å². The number of benzene rings is 2.